The summed E-state index contributed by atoms with van der Waals surface area (Å²) in [7, 11) is 0. The van der Waals surface area contributed by atoms with Crippen molar-refractivity contribution in [2.75, 3.05) is 9.80 Å². The maximum absolute atomic E-state index is 18.1. The predicted octanol–water partition coefficient (Wildman–Crippen LogP) is 22.5. The molecule has 14 aromatic carbocycles. The monoisotopic (exact) mass is 1070 g/mol. The van der Waals surface area contributed by atoms with E-state index >= 15 is 8.78 Å². The first kappa shape index (κ1) is 49.6. The van der Waals surface area contributed by atoms with E-state index in [2.05, 4.69) is 187 Å². The predicted molar refractivity (Wildman–Crippen MR) is 345 cm³/mol. The van der Waals surface area contributed by atoms with Crippen LogP contribution < -0.4 is 9.80 Å². The summed E-state index contributed by atoms with van der Waals surface area (Å²) in [5.41, 5.74) is 14.9. The molecule has 0 saturated heterocycles. The topological polar surface area (TPSA) is 6.48 Å². The third-order valence-electron chi connectivity index (χ3n) is 17.1. The van der Waals surface area contributed by atoms with Crippen molar-refractivity contribution >= 4 is 77.2 Å². The second-order valence-corrected chi connectivity index (χ2v) is 22.3. The molecule has 14 aromatic rings. The number of benzene rings is 14. The van der Waals surface area contributed by atoms with Crippen molar-refractivity contribution in [3.8, 4) is 55.6 Å². The molecular weight excluding hydrogens is 1010 g/mol. The molecule has 0 aliphatic heterocycles. The zero-order valence-electron chi connectivity index (χ0n) is 45.9. The van der Waals surface area contributed by atoms with Crippen LogP contribution >= 0.6 is 0 Å². The lowest BCUT2D eigenvalue weighted by molar-refractivity contribution is 0.632. The second-order valence-electron chi connectivity index (χ2n) is 22.3. The standard InChI is InChI=1S/C79H54F2N2/c1-79(2)72-33-19-32-67-68-49-64(83(63-38-36-54-25-16-18-29-57(54)43-63)75-48-60(51-20-7-3-8-21-51)45-69(77(75)80)55-26-11-5-12-27-55)39-37-59(68)44-71(76(67)72)66-41-40-65(50-73(66)79)82(62-30-13-6-14-31-62)74-47-61(52-22-9-4-10-23-52)46-70(78(74)81)58-35-34-53-24-15-17-28-56(53)42-58/h3-50H,1-2H3. The Morgan fingerprint density at radius 1 is 0.265 bits per heavy atom. The molecule has 0 heterocycles. The van der Waals surface area contributed by atoms with Crippen LogP contribution in [-0.4, -0.2) is 0 Å². The van der Waals surface area contributed by atoms with Gasteiger partial charge < -0.3 is 9.80 Å². The lowest BCUT2D eigenvalue weighted by Crippen LogP contribution is -2.24. The van der Waals surface area contributed by atoms with E-state index in [4.69, 9.17) is 0 Å². The summed E-state index contributed by atoms with van der Waals surface area (Å²) in [6, 6.07) is 99.9. The van der Waals surface area contributed by atoms with E-state index in [1.807, 2.05) is 127 Å². The Kier molecular flexibility index (Phi) is 11.9. The van der Waals surface area contributed by atoms with Crippen molar-refractivity contribution in [1.82, 2.24) is 0 Å². The van der Waals surface area contributed by atoms with Gasteiger partial charge in [0, 0.05) is 39.3 Å². The maximum Gasteiger partial charge on any atom is 0.155 e. The van der Waals surface area contributed by atoms with Gasteiger partial charge in [0.1, 0.15) is 0 Å². The molecule has 2 nitrogen and oxygen atoms in total. The number of rotatable bonds is 10. The van der Waals surface area contributed by atoms with Gasteiger partial charge in [-0.25, -0.2) is 8.78 Å². The van der Waals surface area contributed by atoms with Gasteiger partial charge in [0.15, 0.2) is 11.6 Å². The van der Waals surface area contributed by atoms with Gasteiger partial charge in [0.25, 0.3) is 0 Å². The molecule has 1 aliphatic rings. The molecule has 0 spiro atoms. The van der Waals surface area contributed by atoms with Crippen LogP contribution in [0.5, 0.6) is 0 Å². The van der Waals surface area contributed by atoms with Crippen molar-refractivity contribution in [3.05, 3.63) is 314 Å². The second kappa shape index (κ2) is 20.0. The summed E-state index contributed by atoms with van der Waals surface area (Å²) < 4.78 is 36.1. The van der Waals surface area contributed by atoms with Gasteiger partial charge in [-0.2, -0.15) is 0 Å². The smallest absolute Gasteiger partial charge is 0.155 e. The molecule has 0 unspecified atom stereocenters. The lowest BCUT2D eigenvalue weighted by Gasteiger charge is -2.37. The van der Waals surface area contributed by atoms with Crippen LogP contribution in [0.4, 0.5) is 42.9 Å². The Morgan fingerprint density at radius 2 is 0.747 bits per heavy atom. The maximum atomic E-state index is 18.1. The van der Waals surface area contributed by atoms with Crippen LogP contribution in [0.25, 0.3) is 98.7 Å². The molecule has 0 N–H and O–H groups in total. The fraction of sp³-hybridized carbons (Fsp3) is 0.0380. The van der Waals surface area contributed by atoms with Crippen molar-refractivity contribution < 1.29 is 8.78 Å². The number of hydrogen-bond acceptors (Lipinski definition) is 2. The number of hydrogen-bond donors (Lipinski definition) is 0. The Balaban J connectivity index is 0.910. The molecule has 15 rings (SSSR count). The highest BCUT2D eigenvalue weighted by Gasteiger charge is 2.35. The number of nitrogens with zero attached hydrogens (tertiary/aromatic N) is 2. The summed E-state index contributed by atoms with van der Waals surface area (Å²) >= 11 is 0. The van der Waals surface area contributed by atoms with Crippen LogP contribution in [0.15, 0.2) is 291 Å². The van der Waals surface area contributed by atoms with Crippen molar-refractivity contribution in [3.63, 3.8) is 0 Å². The molecule has 0 fully saturated rings. The van der Waals surface area contributed by atoms with Gasteiger partial charge in [-0.3, -0.25) is 0 Å². The highest BCUT2D eigenvalue weighted by Crippen LogP contribution is 2.54. The van der Waals surface area contributed by atoms with Gasteiger partial charge in [0.2, 0.25) is 0 Å². The average Bonchev–Trinajstić information content (AvgIpc) is 2.96. The van der Waals surface area contributed by atoms with Crippen molar-refractivity contribution in [1.29, 1.82) is 0 Å². The van der Waals surface area contributed by atoms with Gasteiger partial charge in [-0.05, 0) is 184 Å². The summed E-state index contributed by atoms with van der Waals surface area (Å²) in [6.45, 7) is 4.62. The van der Waals surface area contributed by atoms with Crippen LogP contribution in [0, 0.1) is 11.6 Å². The van der Waals surface area contributed by atoms with E-state index in [0.717, 1.165) is 111 Å². The van der Waals surface area contributed by atoms with E-state index in [9.17, 15) is 0 Å². The molecule has 1 aliphatic carbocycles. The Labute approximate surface area is 482 Å². The van der Waals surface area contributed by atoms with Crippen LogP contribution in [0.2, 0.25) is 0 Å². The van der Waals surface area contributed by atoms with Crippen LogP contribution in [0.3, 0.4) is 0 Å². The normalized spacial score (nSPS) is 12.4. The lowest BCUT2D eigenvalue weighted by atomic mass is 9.68. The van der Waals surface area contributed by atoms with Crippen molar-refractivity contribution in [2.24, 2.45) is 0 Å². The fourth-order valence-electron chi connectivity index (χ4n) is 12.9. The minimum absolute atomic E-state index is 0.302. The third kappa shape index (κ3) is 8.53. The van der Waals surface area contributed by atoms with Crippen LogP contribution in [-0.2, 0) is 5.41 Å². The molecule has 394 valence electrons. The zero-order chi connectivity index (χ0) is 55.8. The minimum atomic E-state index is -0.488. The SMILES string of the molecule is CC1(C)c2cc(N(c3ccccc3)c3cc(-c4ccccc4)cc(-c4ccc5ccccc5c4)c3F)ccc2-c2cc3ccc(N(c4ccc5ccccc5c4)c4cc(-c5ccccc5)cc(-c5ccccc5)c4F)cc3c3cccc1c23. The average molecular weight is 1070 g/mol. The first-order valence-corrected chi connectivity index (χ1v) is 28.3. The summed E-state index contributed by atoms with van der Waals surface area (Å²) in [5.74, 6) is -0.606. The van der Waals surface area contributed by atoms with Crippen molar-refractivity contribution in [2.45, 2.75) is 19.3 Å². The highest BCUT2D eigenvalue weighted by atomic mass is 19.1. The molecule has 4 heteroatoms. The van der Waals surface area contributed by atoms with E-state index in [1.165, 1.54) is 10.9 Å². The first-order valence-electron chi connectivity index (χ1n) is 28.3. The quantitative estimate of drug-likeness (QED) is 0.126. The Morgan fingerprint density at radius 3 is 1.37 bits per heavy atom. The van der Waals surface area contributed by atoms with Gasteiger partial charge in [-0.1, -0.05) is 220 Å². The first-order chi connectivity index (χ1) is 40.7. The van der Waals surface area contributed by atoms with E-state index in [0.29, 0.717) is 22.5 Å². The highest BCUT2D eigenvalue weighted by molar-refractivity contribution is 6.18. The van der Waals surface area contributed by atoms with E-state index < -0.39 is 5.41 Å². The van der Waals surface area contributed by atoms with Gasteiger partial charge in [0.05, 0.1) is 11.4 Å². The zero-order valence-corrected chi connectivity index (χ0v) is 45.9. The minimum Gasteiger partial charge on any atom is -0.308 e. The molecule has 0 amide bonds. The third-order valence-corrected chi connectivity index (χ3v) is 17.1. The molecule has 0 bridgehead atoms. The van der Waals surface area contributed by atoms with Gasteiger partial charge >= 0.3 is 0 Å². The molecule has 0 saturated carbocycles. The summed E-state index contributed by atoms with van der Waals surface area (Å²) in [6.07, 6.45) is 0. The number of halogens is 2. The van der Waals surface area contributed by atoms with Crippen LogP contribution in [0.1, 0.15) is 25.0 Å². The summed E-state index contributed by atoms with van der Waals surface area (Å²) in [5, 5.41) is 8.77. The molecular formula is C79H54F2N2. The molecule has 0 aromatic heterocycles. The fourth-order valence-corrected chi connectivity index (χ4v) is 12.9. The number of para-hydroxylation sites is 1. The number of fused-ring (bicyclic) bond motifs is 6. The van der Waals surface area contributed by atoms with E-state index in [-0.39, 0.29) is 11.6 Å². The summed E-state index contributed by atoms with van der Waals surface area (Å²) in [4.78, 5) is 4.18. The Hall–Kier alpha value is -10.4. The molecule has 0 atom stereocenters. The molecule has 83 heavy (non-hydrogen) atoms. The number of anilines is 6. The molecule has 0 radical (unpaired) electrons. The van der Waals surface area contributed by atoms with E-state index in [1.54, 1.807) is 0 Å². The largest absolute Gasteiger partial charge is 0.308 e. The Bertz CT molecular complexity index is 4840. The van der Waals surface area contributed by atoms with Gasteiger partial charge in [-0.15, -0.1) is 0 Å².